The predicted octanol–water partition coefficient (Wildman–Crippen LogP) is 6.09. The first-order valence-corrected chi connectivity index (χ1v) is 16.1. The van der Waals surface area contributed by atoms with E-state index in [1.54, 1.807) is 6.08 Å². The van der Waals surface area contributed by atoms with Gasteiger partial charge in [0, 0.05) is 38.5 Å². The lowest BCUT2D eigenvalue weighted by Crippen LogP contribution is -2.46. The first kappa shape index (κ1) is 32.0. The molecule has 1 aromatic carbocycles. The molecule has 0 bridgehead atoms. The van der Waals surface area contributed by atoms with Crippen molar-refractivity contribution in [3.8, 4) is 0 Å². The lowest BCUT2D eigenvalue weighted by Gasteiger charge is -2.29. The molecule has 1 saturated carbocycles. The molecule has 9 heteroatoms. The molecular formula is C29H47NO7Si. The lowest BCUT2D eigenvalue weighted by atomic mass is 9.77. The Morgan fingerprint density at radius 3 is 2.16 bits per heavy atom. The number of amides is 1. The summed E-state index contributed by atoms with van der Waals surface area (Å²) in [6, 6.07) is 9.11. The third-order valence-corrected chi connectivity index (χ3v) is 10.0. The number of benzene rings is 1. The van der Waals surface area contributed by atoms with Crippen molar-refractivity contribution in [2.45, 2.75) is 77.7 Å². The Hall–Kier alpha value is -2.20. The SMILES string of the molecule is CCO[Si](CCCNC(=O)OCCCC1CCC(c2ccc(/C=C/C(=O)OC)cc2)CC1)(OCC)OCC. The maximum absolute atomic E-state index is 12.1. The van der Waals surface area contributed by atoms with Gasteiger partial charge in [-0.15, -0.1) is 0 Å². The van der Waals surface area contributed by atoms with E-state index >= 15 is 0 Å². The normalized spacial score (nSPS) is 17.9. The molecule has 0 aromatic heterocycles. The van der Waals surface area contributed by atoms with Crippen LogP contribution in [0.1, 0.15) is 82.8 Å². The molecule has 1 fully saturated rings. The molecule has 0 unspecified atom stereocenters. The van der Waals surface area contributed by atoms with Gasteiger partial charge in [-0.3, -0.25) is 0 Å². The van der Waals surface area contributed by atoms with Gasteiger partial charge in [-0.2, -0.15) is 0 Å². The molecule has 0 spiro atoms. The fourth-order valence-electron chi connectivity index (χ4n) is 4.98. The number of alkyl carbamates (subject to hydrolysis) is 1. The fourth-order valence-corrected chi connectivity index (χ4v) is 7.59. The van der Waals surface area contributed by atoms with Gasteiger partial charge >= 0.3 is 20.9 Å². The molecule has 0 heterocycles. The number of ether oxygens (including phenoxy) is 2. The Morgan fingerprint density at radius 1 is 0.947 bits per heavy atom. The zero-order valence-corrected chi connectivity index (χ0v) is 24.7. The van der Waals surface area contributed by atoms with Gasteiger partial charge in [0.1, 0.15) is 0 Å². The van der Waals surface area contributed by atoms with Crippen molar-refractivity contribution in [1.29, 1.82) is 0 Å². The van der Waals surface area contributed by atoms with Crippen LogP contribution in [0.2, 0.25) is 6.04 Å². The van der Waals surface area contributed by atoms with Gasteiger partial charge in [0.25, 0.3) is 0 Å². The Bertz CT molecular complexity index is 821. The first-order valence-electron chi connectivity index (χ1n) is 14.1. The van der Waals surface area contributed by atoms with E-state index in [2.05, 4.69) is 34.3 Å². The summed E-state index contributed by atoms with van der Waals surface area (Å²) >= 11 is 0. The van der Waals surface area contributed by atoms with E-state index in [1.165, 1.54) is 44.4 Å². The van der Waals surface area contributed by atoms with E-state index in [0.717, 1.165) is 24.8 Å². The summed E-state index contributed by atoms with van der Waals surface area (Å²) < 4.78 is 27.6. The Balaban J connectivity index is 1.59. The van der Waals surface area contributed by atoms with E-state index in [9.17, 15) is 9.59 Å². The van der Waals surface area contributed by atoms with Crippen molar-refractivity contribution in [3.63, 3.8) is 0 Å². The number of carbonyl (C=O) groups is 2. The standard InChI is InChI=1S/C29H47NO7Si/c1-5-35-38(36-6-2,37-7-3)23-9-21-30-29(32)34-22-8-10-24-11-16-26(17-12-24)27-18-13-25(14-19-27)15-20-28(31)33-4/h13-15,18-20,24,26H,5-12,16-17,21-23H2,1-4H3,(H,30,32)/b20-15+. The molecule has 0 atom stereocenters. The summed E-state index contributed by atoms with van der Waals surface area (Å²) in [7, 11) is -1.29. The number of carbonyl (C=O) groups excluding carboxylic acids is 2. The zero-order valence-electron chi connectivity index (χ0n) is 23.7. The molecule has 8 nitrogen and oxygen atoms in total. The Labute approximate surface area is 229 Å². The second-order valence-corrected chi connectivity index (χ2v) is 12.3. The van der Waals surface area contributed by atoms with Crippen LogP contribution in [0.5, 0.6) is 0 Å². The van der Waals surface area contributed by atoms with E-state index in [4.69, 9.17) is 18.0 Å². The van der Waals surface area contributed by atoms with Crippen LogP contribution in [-0.2, 0) is 27.5 Å². The van der Waals surface area contributed by atoms with Crippen molar-refractivity contribution in [3.05, 3.63) is 41.5 Å². The number of methoxy groups -OCH3 is 1. The third-order valence-electron chi connectivity index (χ3n) is 6.88. The zero-order chi connectivity index (χ0) is 27.6. The third kappa shape index (κ3) is 11.7. The van der Waals surface area contributed by atoms with E-state index in [-0.39, 0.29) is 12.1 Å². The molecule has 1 N–H and O–H groups in total. The molecule has 0 saturated heterocycles. The maximum Gasteiger partial charge on any atom is 0.500 e. The second-order valence-electron chi connectivity index (χ2n) is 9.53. The number of hydrogen-bond donors (Lipinski definition) is 1. The summed E-state index contributed by atoms with van der Waals surface area (Å²) in [5.74, 6) is 0.927. The van der Waals surface area contributed by atoms with Gasteiger partial charge in [0.2, 0.25) is 0 Å². The highest BCUT2D eigenvalue weighted by Gasteiger charge is 2.39. The van der Waals surface area contributed by atoms with Gasteiger partial charge in [-0.05, 0) is 94.8 Å². The van der Waals surface area contributed by atoms with Crippen molar-refractivity contribution >= 4 is 26.9 Å². The van der Waals surface area contributed by atoms with Gasteiger partial charge < -0.3 is 28.1 Å². The van der Waals surface area contributed by atoms with Crippen molar-refractivity contribution in [2.75, 3.05) is 40.1 Å². The fraction of sp³-hybridized carbons (Fsp3) is 0.655. The largest absolute Gasteiger partial charge is 0.500 e. The van der Waals surface area contributed by atoms with Gasteiger partial charge in [0.15, 0.2) is 0 Å². The predicted molar refractivity (Wildman–Crippen MR) is 151 cm³/mol. The quantitative estimate of drug-likeness (QED) is 0.109. The summed E-state index contributed by atoms with van der Waals surface area (Å²) in [6.45, 7) is 8.42. The monoisotopic (exact) mass is 549 g/mol. The molecule has 1 amide bonds. The second kappa shape index (κ2) is 18.1. The summed E-state index contributed by atoms with van der Waals surface area (Å²) in [4.78, 5) is 23.3. The summed E-state index contributed by atoms with van der Waals surface area (Å²) in [6.07, 6.45) is 10.3. The van der Waals surface area contributed by atoms with Gasteiger partial charge in [-0.25, -0.2) is 9.59 Å². The van der Waals surface area contributed by atoms with Gasteiger partial charge in [0.05, 0.1) is 13.7 Å². The van der Waals surface area contributed by atoms with E-state index < -0.39 is 8.80 Å². The van der Waals surface area contributed by atoms with E-state index in [1.807, 2.05) is 20.8 Å². The van der Waals surface area contributed by atoms with Crippen LogP contribution < -0.4 is 5.32 Å². The summed E-state index contributed by atoms with van der Waals surface area (Å²) in [5, 5.41) is 2.83. The molecule has 0 aliphatic heterocycles. The number of hydrogen-bond acceptors (Lipinski definition) is 7. The highest BCUT2D eigenvalue weighted by molar-refractivity contribution is 6.60. The molecule has 1 aliphatic carbocycles. The topological polar surface area (TPSA) is 92.3 Å². The maximum atomic E-state index is 12.1. The smallest absolute Gasteiger partial charge is 0.466 e. The van der Waals surface area contributed by atoms with Crippen LogP contribution in [0.3, 0.4) is 0 Å². The van der Waals surface area contributed by atoms with E-state index in [0.29, 0.717) is 50.9 Å². The molecule has 0 radical (unpaired) electrons. The van der Waals surface area contributed by atoms with Gasteiger partial charge in [-0.1, -0.05) is 24.3 Å². The van der Waals surface area contributed by atoms with Crippen LogP contribution >= 0.6 is 0 Å². The minimum atomic E-state index is -2.67. The van der Waals surface area contributed by atoms with Crippen LogP contribution in [0, 0.1) is 5.92 Å². The minimum absolute atomic E-state index is 0.347. The van der Waals surface area contributed by atoms with Crippen molar-refractivity contribution in [2.24, 2.45) is 5.92 Å². The molecular weight excluding hydrogens is 502 g/mol. The van der Waals surface area contributed by atoms with Crippen LogP contribution in [-0.4, -0.2) is 60.9 Å². The molecule has 214 valence electrons. The average molecular weight is 550 g/mol. The first-order chi connectivity index (χ1) is 18.4. The van der Waals surface area contributed by atoms with Crippen molar-refractivity contribution in [1.82, 2.24) is 5.32 Å². The Kier molecular flexibility index (Phi) is 15.3. The highest BCUT2D eigenvalue weighted by atomic mass is 28.4. The van der Waals surface area contributed by atoms with Crippen LogP contribution in [0.4, 0.5) is 4.79 Å². The number of esters is 1. The van der Waals surface area contributed by atoms with Crippen molar-refractivity contribution < 1.29 is 32.3 Å². The minimum Gasteiger partial charge on any atom is -0.466 e. The van der Waals surface area contributed by atoms with Crippen LogP contribution in [0.25, 0.3) is 6.08 Å². The lowest BCUT2D eigenvalue weighted by molar-refractivity contribution is -0.134. The summed E-state index contributed by atoms with van der Waals surface area (Å²) in [5.41, 5.74) is 2.36. The molecule has 1 aliphatic rings. The number of nitrogens with one attached hydrogen (secondary N) is 1. The highest BCUT2D eigenvalue weighted by Crippen LogP contribution is 2.37. The molecule has 2 rings (SSSR count). The Morgan fingerprint density at radius 2 is 1.58 bits per heavy atom. The molecule has 38 heavy (non-hydrogen) atoms. The number of rotatable bonds is 17. The molecule has 1 aromatic rings. The average Bonchev–Trinajstić information content (AvgIpc) is 2.93. The van der Waals surface area contributed by atoms with Crippen LogP contribution in [0.15, 0.2) is 30.3 Å².